The quantitative estimate of drug-likeness (QED) is 0.531. The zero-order chi connectivity index (χ0) is 13.8. The third kappa shape index (κ3) is 4.29. The molecule has 0 N–H and O–H groups in total. The first kappa shape index (κ1) is 15.0. The van der Waals surface area contributed by atoms with Gasteiger partial charge in [-0.3, -0.25) is 0 Å². The number of halogens is 4. The Labute approximate surface area is 136 Å². The molecular formula is C14H10Br3FO. The number of hydrogen-bond donors (Lipinski definition) is 0. The van der Waals surface area contributed by atoms with Crippen molar-refractivity contribution in [1.29, 1.82) is 0 Å². The molecular weight excluding hydrogens is 443 g/mol. The minimum Gasteiger partial charge on any atom is -0.489 e. The molecule has 0 radical (unpaired) electrons. The fourth-order valence-corrected chi connectivity index (χ4v) is 3.01. The number of rotatable bonds is 4. The molecule has 0 unspecified atom stereocenters. The summed E-state index contributed by atoms with van der Waals surface area (Å²) < 4.78 is 20.7. The average molecular weight is 453 g/mol. The molecule has 2 aromatic carbocycles. The normalized spacial score (nSPS) is 10.5. The van der Waals surface area contributed by atoms with Crippen LogP contribution in [0.25, 0.3) is 0 Å². The van der Waals surface area contributed by atoms with Crippen molar-refractivity contribution in [2.75, 3.05) is 0 Å². The highest BCUT2D eigenvalue weighted by molar-refractivity contribution is 9.10. The van der Waals surface area contributed by atoms with Crippen molar-refractivity contribution in [3.8, 4) is 5.75 Å². The van der Waals surface area contributed by atoms with Gasteiger partial charge in [-0.25, -0.2) is 4.39 Å². The summed E-state index contributed by atoms with van der Waals surface area (Å²) in [5.41, 5.74) is 1.83. The minimum atomic E-state index is -0.274. The maximum Gasteiger partial charge on any atom is 0.124 e. The van der Waals surface area contributed by atoms with Crippen LogP contribution < -0.4 is 4.74 Å². The van der Waals surface area contributed by atoms with Crippen LogP contribution in [0.1, 0.15) is 11.1 Å². The summed E-state index contributed by atoms with van der Waals surface area (Å²) in [6, 6.07) is 10.5. The number of ether oxygens (including phenoxy) is 1. The topological polar surface area (TPSA) is 9.23 Å². The van der Waals surface area contributed by atoms with Gasteiger partial charge in [0.05, 0.1) is 0 Å². The Kier molecular flexibility index (Phi) is 5.42. The van der Waals surface area contributed by atoms with Crippen LogP contribution in [0.3, 0.4) is 0 Å². The first-order chi connectivity index (χ1) is 9.08. The van der Waals surface area contributed by atoms with Crippen LogP contribution in [0.5, 0.6) is 5.75 Å². The summed E-state index contributed by atoms with van der Waals surface area (Å²) in [5, 5.41) is 0.703. The van der Waals surface area contributed by atoms with Crippen molar-refractivity contribution in [1.82, 2.24) is 0 Å². The van der Waals surface area contributed by atoms with Crippen LogP contribution in [-0.2, 0) is 11.9 Å². The summed E-state index contributed by atoms with van der Waals surface area (Å²) in [6.45, 7) is 0.331. The van der Waals surface area contributed by atoms with E-state index in [1.807, 2.05) is 24.3 Å². The van der Waals surface area contributed by atoms with Crippen LogP contribution in [0.2, 0.25) is 0 Å². The highest BCUT2D eigenvalue weighted by Gasteiger charge is 2.05. The van der Waals surface area contributed by atoms with Gasteiger partial charge in [0.1, 0.15) is 18.2 Å². The van der Waals surface area contributed by atoms with Crippen LogP contribution in [0.4, 0.5) is 4.39 Å². The highest BCUT2D eigenvalue weighted by atomic mass is 79.9. The molecule has 0 aliphatic carbocycles. The van der Waals surface area contributed by atoms with E-state index in [9.17, 15) is 4.39 Å². The lowest BCUT2D eigenvalue weighted by Gasteiger charge is -2.11. The highest BCUT2D eigenvalue weighted by Crippen LogP contribution is 2.26. The molecule has 0 aliphatic heterocycles. The fraction of sp³-hybridized carbons (Fsp3) is 0.143. The van der Waals surface area contributed by atoms with E-state index in [4.69, 9.17) is 4.74 Å². The third-order valence-electron chi connectivity index (χ3n) is 2.48. The Hall–Kier alpha value is -0.390. The predicted molar refractivity (Wildman–Crippen MR) is 85.2 cm³/mol. The van der Waals surface area contributed by atoms with E-state index in [1.54, 1.807) is 0 Å². The van der Waals surface area contributed by atoms with Crippen LogP contribution >= 0.6 is 47.8 Å². The van der Waals surface area contributed by atoms with Gasteiger partial charge in [-0.1, -0.05) is 47.8 Å². The van der Waals surface area contributed by atoms with Gasteiger partial charge in [0.15, 0.2) is 0 Å². The molecule has 0 amide bonds. The second-order valence-corrected chi connectivity index (χ2v) is 6.34. The molecule has 19 heavy (non-hydrogen) atoms. The van der Waals surface area contributed by atoms with Crippen molar-refractivity contribution in [3.63, 3.8) is 0 Å². The van der Waals surface area contributed by atoms with E-state index in [2.05, 4.69) is 47.8 Å². The van der Waals surface area contributed by atoms with E-state index in [0.717, 1.165) is 21.3 Å². The first-order valence-electron chi connectivity index (χ1n) is 5.50. The maximum atomic E-state index is 13.3. The molecule has 0 aromatic heterocycles. The monoisotopic (exact) mass is 450 g/mol. The lowest BCUT2D eigenvalue weighted by Crippen LogP contribution is -1.98. The molecule has 2 rings (SSSR count). The smallest absolute Gasteiger partial charge is 0.124 e. The van der Waals surface area contributed by atoms with Crippen LogP contribution in [0, 0.1) is 5.82 Å². The van der Waals surface area contributed by atoms with Gasteiger partial charge in [0, 0.05) is 19.8 Å². The molecule has 100 valence electrons. The second kappa shape index (κ2) is 6.86. The molecule has 0 saturated heterocycles. The average Bonchev–Trinajstić information content (AvgIpc) is 2.36. The van der Waals surface area contributed by atoms with Gasteiger partial charge in [0.2, 0.25) is 0 Å². The van der Waals surface area contributed by atoms with Crippen molar-refractivity contribution in [2.24, 2.45) is 0 Å². The summed E-state index contributed by atoms with van der Waals surface area (Å²) in [7, 11) is 0. The maximum absolute atomic E-state index is 13.3. The summed E-state index contributed by atoms with van der Waals surface area (Å²) in [5.74, 6) is 0.518. The molecule has 1 nitrogen and oxygen atoms in total. The number of hydrogen-bond acceptors (Lipinski definition) is 1. The molecule has 5 heteroatoms. The predicted octanol–water partition coefficient (Wildman–Crippen LogP) is 5.82. The zero-order valence-electron chi connectivity index (χ0n) is 9.80. The largest absolute Gasteiger partial charge is 0.489 e. The van der Waals surface area contributed by atoms with Gasteiger partial charge < -0.3 is 4.74 Å². The molecule has 0 atom stereocenters. The molecule has 0 heterocycles. The van der Waals surface area contributed by atoms with E-state index in [-0.39, 0.29) is 5.82 Å². The molecule has 0 bridgehead atoms. The Bertz CT molecular complexity index is 567. The minimum absolute atomic E-state index is 0.274. The molecule has 0 fully saturated rings. The van der Waals surface area contributed by atoms with Gasteiger partial charge in [-0.05, 0) is 42.0 Å². The first-order valence-corrected chi connectivity index (χ1v) is 8.21. The van der Waals surface area contributed by atoms with E-state index < -0.39 is 0 Å². The molecule has 2 aromatic rings. The summed E-state index contributed by atoms with van der Waals surface area (Å²) >= 11 is 10.1. The Morgan fingerprint density at radius 2 is 1.79 bits per heavy atom. The fourth-order valence-electron chi connectivity index (χ4n) is 1.65. The number of alkyl halides is 1. The van der Waals surface area contributed by atoms with Gasteiger partial charge in [-0.15, -0.1) is 0 Å². The van der Waals surface area contributed by atoms with Crippen molar-refractivity contribution in [3.05, 3.63) is 62.3 Å². The molecule has 0 spiro atoms. The van der Waals surface area contributed by atoms with Crippen molar-refractivity contribution < 1.29 is 9.13 Å². The lowest BCUT2D eigenvalue weighted by molar-refractivity contribution is 0.303. The van der Waals surface area contributed by atoms with E-state index in [1.165, 1.54) is 12.1 Å². The summed E-state index contributed by atoms with van der Waals surface area (Å²) in [6.07, 6.45) is 0. The van der Waals surface area contributed by atoms with Crippen LogP contribution in [-0.4, -0.2) is 0 Å². The van der Waals surface area contributed by atoms with Crippen molar-refractivity contribution >= 4 is 47.8 Å². The lowest BCUT2D eigenvalue weighted by atomic mass is 10.2. The van der Waals surface area contributed by atoms with Gasteiger partial charge >= 0.3 is 0 Å². The number of benzene rings is 2. The van der Waals surface area contributed by atoms with Gasteiger partial charge in [0.25, 0.3) is 0 Å². The van der Waals surface area contributed by atoms with E-state index in [0.29, 0.717) is 16.4 Å². The summed E-state index contributed by atoms with van der Waals surface area (Å²) in [4.78, 5) is 0. The van der Waals surface area contributed by atoms with Gasteiger partial charge in [-0.2, -0.15) is 0 Å². The molecule has 0 saturated carbocycles. The Morgan fingerprint density at radius 1 is 1.00 bits per heavy atom. The zero-order valence-corrected chi connectivity index (χ0v) is 14.6. The Morgan fingerprint density at radius 3 is 2.47 bits per heavy atom. The third-order valence-corrected chi connectivity index (χ3v) is 4.04. The van der Waals surface area contributed by atoms with Crippen molar-refractivity contribution in [2.45, 2.75) is 11.9 Å². The standard InChI is InChI=1S/C14H10Br3FO/c15-7-10-5-11(16)1-2-14(10)19-8-9-3-12(17)6-13(18)4-9/h1-6H,7-8H2. The van der Waals surface area contributed by atoms with Crippen LogP contribution in [0.15, 0.2) is 45.3 Å². The van der Waals surface area contributed by atoms with E-state index >= 15 is 0 Å². The SMILES string of the molecule is Fc1cc(Br)cc(COc2ccc(Br)cc2CBr)c1. The Balaban J connectivity index is 2.14. The second-order valence-electron chi connectivity index (χ2n) is 3.95. The molecule has 0 aliphatic rings.